The Morgan fingerprint density at radius 1 is 0.917 bits per heavy atom. The lowest BCUT2D eigenvalue weighted by molar-refractivity contribution is -0.162. The molecular weight excluding hydrogens is 612 g/mol. The normalized spacial score (nSPS) is 13.6. The molecule has 10 heteroatoms. The van der Waals surface area contributed by atoms with Crippen molar-refractivity contribution < 1.29 is 33.0 Å². The van der Waals surface area contributed by atoms with E-state index < -0.39 is 47.8 Å². The van der Waals surface area contributed by atoms with Crippen molar-refractivity contribution in [3.63, 3.8) is 0 Å². The highest BCUT2D eigenvalue weighted by atomic mass is 16.6. The molecule has 1 amide bonds. The predicted octanol–water partition coefficient (Wildman–Crippen LogP) is 6.88. The average Bonchev–Trinajstić information content (AvgIpc) is 3.36. The van der Waals surface area contributed by atoms with Gasteiger partial charge in [-0.15, -0.1) is 0 Å². The first-order valence-electron chi connectivity index (χ1n) is 16.2. The summed E-state index contributed by atoms with van der Waals surface area (Å²) in [6, 6.07) is 21.3. The molecule has 0 fully saturated rings. The van der Waals surface area contributed by atoms with Crippen molar-refractivity contribution in [2.75, 3.05) is 24.6 Å². The van der Waals surface area contributed by atoms with Crippen LogP contribution in [-0.2, 0) is 23.8 Å². The molecule has 0 radical (unpaired) electrons. The minimum atomic E-state index is -1.38. The van der Waals surface area contributed by atoms with Crippen molar-refractivity contribution in [2.45, 2.75) is 71.6 Å². The monoisotopic (exact) mass is 654 g/mol. The highest BCUT2D eigenvalue weighted by Crippen LogP contribution is 2.44. The van der Waals surface area contributed by atoms with Crippen LogP contribution in [0.4, 0.5) is 10.5 Å². The number of hydrogen-bond acceptors (Lipinski definition) is 9. The molecule has 1 aliphatic rings. The van der Waals surface area contributed by atoms with E-state index in [2.05, 4.69) is 10.2 Å². The third kappa shape index (κ3) is 7.70. The van der Waals surface area contributed by atoms with Crippen LogP contribution in [-0.4, -0.2) is 49.4 Å². The summed E-state index contributed by atoms with van der Waals surface area (Å²) in [6.45, 7) is 12.4. The second-order valence-corrected chi connectivity index (χ2v) is 12.8. The largest absolute Gasteiger partial charge is 0.458 e. The van der Waals surface area contributed by atoms with Gasteiger partial charge in [-0.2, -0.15) is 0 Å². The summed E-state index contributed by atoms with van der Waals surface area (Å²) in [7, 11) is 0. The number of ether oxygens (including phenoxy) is 3. The van der Waals surface area contributed by atoms with Gasteiger partial charge in [0.2, 0.25) is 0 Å². The Hall–Kier alpha value is -5.12. The second kappa shape index (κ2) is 14.3. The Morgan fingerprint density at radius 3 is 2.15 bits per heavy atom. The quantitative estimate of drug-likeness (QED) is 0.105. The fraction of sp³-hybridized carbons (Fsp3) is 0.368. The number of benzene rings is 3. The smallest absolute Gasteiger partial charge is 0.407 e. The minimum Gasteiger partial charge on any atom is -0.458 e. The van der Waals surface area contributed by atoms with E-state index in [1.807, 2.05) is 74.5 Å². The van der Waals surface area contributed by atoms with E-state index in [4.69, 9.17) is 18.6 Å². The molecule has 0 saturated carbocycles. The lowest BCUT2D eigenvalue weighted by atomic mass is 9.98. The zero-order valence-corrected chi connectivity index (χ0v) is 28.2. The molecule has 2 atom stereocenters. The first-order valence-corrected chi connectivity index (χ1v) is 16.2. The standard InChI is InChI=1S/C38H42N2O8/c1-7-40(8-2)24-17-18-29-30(20-34(41)47-33(29)19-24)23(3)46-35(42)21-32(36(43)48-38(4,5)6)39-37(44)45-22-31-27-15-11-9-13-25(27)26-14-10-12-16-28(26)31/h9-20,23,31-32H,7-8,21-22H2,1-6H3,(H,39,44). The van der Waals surface area contributed by atoms with Gasteiger partial charge in [-0.25, -0.2) is 14.4 Å². The van der Waals surface area contributed by atoms with E-state index in [1.54, 1.807) is 33.8 Å². The minimum absolute atomic E-state index is 0.0298. The summed E-state index contributed by atoms with van der Waals surface area (Å²) in [5, 5.41) is 3.13. The molecule has 0 bridgehead atoms. The Labute approximate surface area is 280 Å². The number of anilines is 1. The van der Waals surface area contributed by atoms with Gasteiger partial charge in [0.15, 0.2) is 0 Å². The van der Waals surface area contributed by atoms with E-state index in [0.29, 0.717) is 16.5 Å². The molecule has 1 aromatic heterocycles. The number of nitrogens with zero attached hydrogens (tertiary/aromatic N) is 1. The molecule has 0 saturated heterocycles. The number of rotatable bonds is 11. The van der Waals surface area contributed by atoms with Gasteiger partial charge < -0.3 is 28.8 Å². The third-order valence-electron chi connectivity index (χ3n) is 8.33. The lowest BCUT2D eigenvalue weighted by Crippen LogP contribution is -2.46. The zero-order chi connectivity index (χ0) is 34.6. The maximum Gasteiger partial charge on any atom is 0.407 e. The number of amides is 1. The van der Waals surface area contributed by atoms with Crippen LogP contribution < -0.4 is 15.8 Å². The van der Waals surface area contributed by atoms with E-state index in [1.165, 1.54) is 6.07 Å². The molecule has 2 unspecified atom stereocenters. The van der Waals surface area contributed by atoms with Gasteiger partial charge in [0.1, 0.15) is 29.9 Å². The predicted molar refractivity (Wildman–Crippen MR) is 183 cm³/mol. The van der Waals surface area contributed by atoms with Gasteiger partial charge in [0.05, 0.1) is 6.42 Å². The lowest BCUT2D eigenvalue weighted by Gasteiger charge is -2.25. The van der Waals surface area contributed by atoms with Gasteiger partial charge in [-0.3, -0.25) is 4.79 Å². The first kappa shape index (κ1) is 34.2. The Balaban J connectivity index is 1.29. The molecule has 5 rings (SSSR count). The second-order valence-electron chi connectivity index (χ2n) is 12.8. The van der Waals surface area contributed by atoms with Crippen molar-refractivity contribution in [1.29, 1.82) is 0 Å². The van der Waals surface area contributed by atoms with Crippen molar-refractivity contribution in [1.82, 2.24) is 5.32 Å². The van der Waals surface area contributed by atoms with Gasteiger partial charge in [0.25, 0.3) is 0 Å². The van der Waals surface area contributed by atoms with Crippen molar-refractivity contribution in [3.8, 4) is 11.1 Å². The number of hydrogen-bond donors (Lipinski definition) is 1. The van der Waals surface area contributed by atoms with Crippen LogP contribution in [0, 0.1) is 0 Å². The summed E-state index contributed by atoms with van der Waals surface area (Å²) < 4.78 is 22.3. The summed E-state index contributed by atoms with van der Waals surface area (Å²) in [4.78, 5) is 54.1. The molecular formula is C38H42N2O8. The van der Waals surface area contributed by atoms with Crippen LogP contribution in [0.3, 0.4) is 0 Å². The van der Waals surface area contributed by atoms with Gasteiger partial charge >= 0.3 is 23.7 Å². The average molecular weight is 655 g/mol. The fourth-order valence-corrected chi connectivity index (χ4v) is 6.12. The van der Waals surface area contributed by atoms with Gasteiger partial charge in [-0.1, -0.05) is 48.5 Å². The highest BCUT2D eigenvalue weighted by molar-refractivity contribution is 5.87. The molecule has 1 aliphatic carbocycles. The zero-order valence-electron chi connectivity index (χ0n) is 28.2. The molecule has 10 nitrogen and oxygen atoms in total. The summed E-state index contributed by atoms with van der Waals surface area (Å²) in [5.41, 5.74) is 4.51. The van der Waals surface area contributed by atoms with Crippen molar-refractivity contribution in [2.24, 2.45) is 0 Å². The number of alkyl carbamates (subject to hydrolysis) is 1. The SMILES string of the molecule is CCN(CC)c1ccc2c(C(C)OC(=O)CC(NC(=O)OCC3c4ccccc4-c4ccccc43)C(=O)OC(C)(C)C)cc(=O)oc2c1. The molecule has 0 spiro atoms. The molecule has 3 aromatic carbocycles. The number of nitrogens with one attached hydrogen (secondary N) is 1. The topological polar surface area (TPSA) is 124 Å². The van der Waals surface area contributed by atoms with E-state index >= 15 is 0 Å². The van der Waals surface area contributed by atoms with Crippen LogP contribution in [0.1, 0.15) is 76.7 Å². The maximum absolute atomic E-state index is 13.2. The van der Waals surface area contributed by atoms with Crippen molar-refractivity contribution >= 4 is 34.7 Å². The summed E-state index contributed by atoms with van der Waals surface area (Å²) >= 11 is 0. The first-order chi connectivity index (χ1) is 22.9. The van der Waals surface area contributed by atoms with Crippen molar-refractivity contribution in [3.05, 3.63) is 99.9 Å². The van der Waals surface area contributed by atoms with Crippen LogP contribution in [0.5, 0.6) is 0 Å². The number of fused-ring (bicyclic) bond motifs is 4. The molecule has 4 aromatic rings. The van der Waals surface area contributed by atoms with Crippen LogP contribution in [0.25, 0.3) is 22.1 Å². The molecule has 48 heavy (non-hydrogen) atoms. The Morgan fingerprint density at radius 2 is 1.54 bits per heavy atom. The van der Waals surface area contributed by atoms with E-state index in [-0.39, 0.29) is 12.5 Å². The van der Waals surface area contributed by atoms with Crippen LogP contribution in [0.2, 0.25) is 0 Å². The van der Waals surface area contributed by atoms with E-state index in [9.17, 15) is 19.2 Å². The van der Waals surface area contributed by atoms with Gasteiger partial charge in [-0.05, 0) is 75.9 Å². The summed E-state index contributed by atoms with van der Waals surface area (Å²) in [5.74, 6) is -1.77. The van der Waals surface area contributed by atoms with Crippen LogP contribution >= 0.6 is 0 Å². The molecule has 1 heterocycles. The van der Waals surface area contributed by atoms with Gasteiger partial charge in [0, 0.05) is 47.8 Å². The third-order valence-corrected chi connectivity index (χ3v) is 8.33. The summed E-state index contributed by atoms with van der Waals surface area (Å²) in [6.07, 6.45) is -2.25. The number of esters is 2. The van der Waals surface area contributed by atoms with Crippen LogP contribution in [0.15, 0.2) is 82.0 Å². The molecule has 252 valence electrons. The molecule has 1 N–H and O–H groups in total. The Bertz CT molecular complexity index is 1830. The Kier molecular flexibility index (Phi) is 10.2. The number of carbonyl (C=O) groups is 3. The fourth-order valence-electron chi connectivity index (χ4n) is 6.12. The maximum atomic E-state index is 13.2. The molecule has 0 aliphatic heterocycles. The highest BCUT2D eigenvalue weighted by Gasteiger charge is 2.33. The number of carbonyl (C=O) groups excluding carboxylic acids is 3. The van der Waals surface area contributed by atoms with E-state index in [0.717, 1.165) is 41.0 Å².